The van der Waals surface area contributed by atoms with Gasteiger partial charge in [0.15, 0.2) is 0 Å². The van der Waals surface area contributed by atoms with Crippen LogP contribution < -0.4 is 4.90 Å². The molecule has 156 valence electrons. The van der Waals surface area contributed by atoms with E-state index in [1.807, 2.05) is 62.4 Å². The highest BCUT2D eigenvalue weighted by Crippen LogP contribution is 2.44. The van der Waals surface area contributed by atoms with E-state index in [9.17, 15) is 9.59 Å². The first-order valence-electron chi connectivity index (χ1n) is 9.40. The van der Waals surface area contributed by atoms with E-state index in [0.717, 1.165) is 25.8 Å². The fraction of sp³-hybridized carbons (Fsp3) is 0.0833. The predicted molar refractivity (Wildman–Crippen MR) is 130 cm³/mol. The maximum atomic E-state index is 13.4. The summed E-state index contributed by atoms with van der Waals surface area (Å²) in [5.74, 6) is -0.771. The van der Waals surface area contributed by atoms with Crippen molar-refractivity contribution in [2.24, 2.45) is 0 Å². The van der Waals surface area contributed by atoms with Crippen LogP contribution in [0.5, 0.6) is 0 Å². The first-order valence-corrected chi connectivity index (χ1v) is 11.8. The molecule has 0 spiro atoms. The molecule has 7 heteroatoms. The van der Waals surface area contributed by atoms with Gasteiger partial charge in [0, 0.05) is 19.8 Å². The first kappa shape index (κ1) is 22.0. The SMILES string of the molecule is Cc1ccc(SC2=C(Sc3ccc(C)cc3)C(=O)N(c3cc(Cl)cc(Cl)c3)C2=O)cc1. The number of carbonyl (C=O) groups is 2. The Hall–Kier alpha value is -2.18. The van der Waals surface area contributed by atoms with Crippen molar-refractivity contribution in [2.45, 2.75) is 23.6 Å². The Kier molecular flexibility index (Phi) is 6.49. The zero-order chi connectivity index (χ0) is 22.1. The Morgan fingerprint density at radius 1 is 0.645 bits per heavy atom. The van der Waals surface area contributed by atoms with Crippen LogP contribution in [0.3, 0.4) is 0 Å². The van der Waals surface area contributed by atoms with Crippen LogP contribution in [0.4, 0.5) is 5.69 Å². The maximum absolute atomic E-state index is 13.4. The van der Waals surface area contributed by atoms with Gasteiger partial charge in [0.1, 0.15) is 0 Å². The van der Waals surface area contributed by atoms with Crippen molar-refractivity contribution >= 4 is 64.2 Å². The molecule has 2 amide bonds. The van der Waals surface area contributed by atoms with Crippen LogP contribution in [0.15, 0.2) is 86.3 Å². The lowest BCUT2D eigenvalue weighted by atomic mass is 10.2. The molecule has 0 saturated heterocycles. The third kappa shape index (κ3) is 4.85. The number of aryl methyl sites for hydroxylation is 2. The largest absolute Gasteiger partial charge is 0.273 e. The highest BCUT2D eigenvalue weighted by Gasteiger charge is 2.40. The van der Waals surface area contributed by atoms with E-state index >= 15 is 0 Å². The van der Waals surface area contributed by atoms with Gasteiger partial charge in [0.05, 0.1) is 15.5 Å². The Bertz CT molecular complexity index is 1120. The molecular weight excluding hydrogens is 469 g/mol. The molecule has 0 unspecified atom stereocenters. The van der Waals surface area contributed by atoms with Gasteiger partial charge in [0.25, 0.3) is 11.8 Å². The second-order valence-corrected chi connectivity index (χ2v) is 10.1. The van der Waals surface area contributed by atoms with Crippen LogP contribution in [-0.2, 0) is 9.59 Å². The number of imide groups is 1. The van der Waals surface area contributed by atoms with Gasteiger partial charge in [-0.3, -0.25) is 9.59 Å². The standard InChI is InChI=1S/C24H17Cl2NO2S2/c1-14-3-7-19(8-4-14)30-21-22(31-20-9-5-15(2)6-10-20)24(29)27(23(21)28)18-12-16(25)11-17(26)13-18/h3-13H,1-2H3. The number of thioether (sulfide) groups is 2. The summed E-state index contributed by atoms with van der Waals surface area (Å²) < 4.78 is 0. The predicted octanol–water partition coefficient (Wildman–Crippen LogP) is 7.28. The summed E-state index contributed by atoms with van der Waals surface area (Å²) in [6.07, 6.45) is 0. The normalized spacial score (nSPS) is 14.0. The van der Waals surface area contributed by atoms with Gasteiger partial charge in [-0.05, 0) is 56.3 Å². The van der Waals surface area contributed by atoms with Gasteiger partial charge in [-0.2, -0.15) is 0 Å². The zero-order valence-electron chi connectivity index (χ0n) is 16.7. The average Bonchev–Trinajstić information content (AvgIpc) is 2.94. The summed E-state index contributed by atoms with van der Waals surface area (Å²) in [6, 6.07) is 20.4. The summed E-state index contributed by atoms with van der Waals surface area (Å²) in [4.78, 5) is 30.5. The Morgan fingerprint density at radius 3 is 1.42 bits per heavy atom. The molecule has 3 nitrogen and oxygen atoms in total. The van der Waals surface area contributed by atoms with Gasteiger partial charge in [-0.25, -0.2) is 4.90 Å². The van der Waals surface area contributed by atoms with Crippen LogP contribution in [0.2, 0.25) is 10.0 Å². The van der Waals surface area contributed by atoms with E-state index in [-0.39, 0.29) is 11.8 Å². The molecule has 0 radical (unpaired) electrons. The maximum Gasteiger partial charge on any atom is 0.273 e. The quantitative estimate of drug-likeness (QED) is 0.355. The Morgan fingerprint density at radius 2 is 1.03 bits per heavy atom. The number of amides is 2. The fourth-order valence-corrected chi connectivity index (χ4v) is 5.52. The molecule has 4 rings (SSSR count). The first-order chi connectivity index (χ1) is 14.8. The van der Waals surface area contributed by atoms with E-state index in [1.165, 1.54) is 23.5 Å². The van der Waals surface area contributed by atoms with Gasteiger partial charge in [-0.1, -0.05) is 82.1 Å². The van der Waals surface area contributed by atoms with Crippen LogP contribution in [0.25, 0.3) is 0 Å². The summed E-state index contributed by atoms with van der Waals surface area (Å²) in [7, 11) is 0. The highest BCUT2D eigenvalue weighted by molar-refractivity contribution is 8.08. The monoisotopic (exact) mass is 485 g/mol. The lowest BCUT2D eigenvalue weighted by Crippen LogP contribution is -2.31. The van der Waals surface area contributed by atoms with Gasteiger partial charge < -0.3 is 0 Å². The van der Waals surface area contributed by atoms with Gasteiger partial charge in [-0.15, -0.1) is 0 Å². The number of nitrogens with zero attached hydrogens (tertiary/aromatic N) is 1. The lowest BCUT2D eigenvalue weighted by molar-refractivity contribution is -0.120. The number of hydrogen-bond donors (Lipinski definition) is 0. The van der Waals surface area contributed by atoms with Crippen molar-refractivity contribution in [2.75, 3.05) is 4.90 Å². The minimum Gasteiger partial charge on any atom is -0.268 e. The molecule has 3 aromatic carbocycles. The summed E-state index contributed by atoms with van der Waals surface area (Å²) in [5.41, 5.74) is 2.60. The third-order valence-corrected chi connectivity index (χ3v) is 7.34. The van der Waals surface area contributed by atoms with E-state index < -0.39 is 0 Å². The molecule has 1 heterocycles. The molecule has 0 N–H and O–H groups in total. The third-order valence-electron chi connectivity index (χ3n) is 4.59. The van der Waals surface area contributed by atoms with Crippen LogP contribution in [-0.4, -0.2) is 11.8 Å². The summed E-state index contributed by atoms with van der Waals surface area (Å²) in [5, 5.41) is 0.714. The number of rotatable bonds is 5. The van der Waals surface area contributed by atoms with Crippen molar-refractivity contribution in [1.29, 1.82) is 0 Å². The van der Waals surface area contributed by atoms with E-state index in [1.54, 1.807) is 18.2 Å². The molecule has 1 aliphatic heterocycles. The number of carbonyl (C=O) groups excluding carboxylic acids is 2. The topological polar surface area (TPSA) is 37.4 Å². The van der Waals surface area contributed by atoms with Crippen LogP contribution >= 0.6 is 46.7 Å². The molecule has 0 bridgehead atoms. The molecule has 31 heavy (non-hydrogen) atoms. The molecule has 1 aliphatic rings. The van der Waals surface area contributed by atoms with Crippen molar-refractivity contribution in [1.82, 2.24) is 0 Å². The summed E-state index contributed by atoms with van der Waals surface area (Å²) >= 11 is 14.8. The van der Waals surface area contributed by atoms with E-state index in [0.29, 0.717) is 25.5 Å². The van der Waals surface area contributed by atoms with Gasteiger partial charge >= 0.3 is 0 Å². The van der Waals surface area contributed by atoms with Gasteiger partial charge in [0.2, 0.25) is 0 Å². The number of halogens is 2. The molecule has 3 aromatic rings. The second-order valence-electron chi connectivity index (χ2n) is 7.06. The van der Waals surface area contributed by atoms with E-state index in [4.69, 9.17) is 23.2 Å². The Labute approximate surface area is 199 Å². The zero-order valence-corrected chi connectivity index (χ0v) is 19.8. The minimum atomic E-state index is -0.386. The molecule has 0 atom stereocenters. The minimum absolute atomic E-state index is 0.356. The van der Waals surface area contributed by atoms with Crippen LogP contribution in [0.1, 0.15) is 11.1 Å². The number of hydrogen-bond acceptors (Lipinski definition) is 4. The molecule has 0 fully saturated rings. The second kappa shape index (κ2) is 9.13. The molecular formula is C24H17Cl2NO2S2. The molecule has 0 aromatic heterocycles. The Balaban J connectivity index is 1.75. The van der Waals surface area contributed by atoms with Crippen molar-refractivity contribution in [3.05, 3.63) is 97.7 Å². The smallest absolute Gasteiger partial charge is 0.268 e. The number of benzene rings is 3. The molecule has 0 saturated carbocycles. The van der Waals surface area contributed by atoms with Crippen molar-refractivity contribution in [3.8, 4) is 0 Å². The fourth-order valence-electron chi connectivity index (χ4n) is 3.02. The summed E-state index contributed by atoms with van der Waals surface area (Å²) in [6.45, 7) is 4.00. The number of anilines is 1. The highest BCUT2D eigenvalue weighted by atomic mass is 35.5. The average molecular weight is 486 g/mol. The van der Waals surface area contributed by atoms with Crippen molar-refractivity contribution in [3.63, 3.8) is 0 Å². The van der Waals surface area contributed by atoms with Crippen LogP contribution in [0, 0.1) is 13.8 Å². The van der Waals surface area contributed by atoms with E-state index in [2.05, 4.69) is 0 Å². The molecule has 0 aliphatic carbocycles. The lowest BCUT2D eigenvalue weighted by Gasteiger charge is -2.16. The van der Waals surface area contributed by atoms with Crippen molar-refractivity contribution < 1.29 is 9.59 Å².